The van der Waals surface area contributed by atoms with Crippen LogP contribution >= 0.6 is 0 Å². The Morgan fingerprint density at radius 1 is 1.04 bits per heavy atom. The minimum atomic E-state index is -1.05. The van der Waals surface area contributed by atoms with Gasteiger partial charge in [-0.15, -0.1) is 0 Å². The minimum Gasteiger partial charge on any atom is -0.481 e. The SMILES string of the molecule is NN(C(=O)CCC(=O)O)c1ccc(COCc2ccccc2)cn1. The Kier molecular flexibility index (Phi) is 6.41. The maximum atomic E-state index is 11.7. The van der Waals surface area contributed by atoms with Gasteiger partial charge in [0.25, 0.3) is 0 Å². The fourth-order valence-electron chi connectivity index (χ4n) is 1.97. The largest absolute Gasteiger partial charge is 0.481 e. The summed E-state index contributed by atoms with van der Waals surface area (Å²) in [5.74, 6) is 4.36. The van der Waals surface area contributed by atoms with Gasteiger partial charge in [-0.1, -0.05) is 36.4 Å². The molecule has 0 unspecified atom stereocenters. The molecule has 126 valence electrons. The average Bonchev–Trinajstić information content (AvgIpc) is 2.60. The third kappa shape index (κ3) is 5.45. The molecule has 1 aromatic heterocycles. The van der Waals surface area contributed by atoms with E-state index in [0.29, 0.717) is 13.2 Å². The molecule has 2 aromatic rings. The lowest BCUT2D eigenvalue weighted by molar-refractivity contribution is -0.138. The van der Waals surface area contributed by atoms with Crippen LogP contribution in [0.2, 0.25) is 0 Å². The first-order valence-corrected chi connectivity index (χ1v) is 7.42. The van der Waals surface area contributed by atoms with Gasteiger partial charge in [-0.05, 0) is 17.2 Å². The summed E-state index contributed by atoms with van der Waals surface area (Å²) in [7, 11) is 0. The summed E-state index contributed by atoms with van der Waals surface area (Å²) in [5.41, 5.74) is 1.93. The summed E-state index contributed by atoms with van der Waals surface area (Å²) in [6.07, 6.45) is 1.14. The summed E-state index contributed by atoms with van der Waals surface area (Å²) in [6.45, 7) is 0.888. The molecule has 0 atom stereocenters. The molecular weight excluding hydrogens is 310 g/mol. The van der Waals surface area contributed by atoms with E-state index >= 15 is 0 Å². The highest BCUT2D eigenvalue weighted by Gasteiger charge is 2.14. The normalized spacial score (nSPS) is 10.4. The Morgan fingerprint density at radius 2 is 1.75 bits per heavy atom. The predicted molar refractivity (Wildman–Crippen MR) is 87.7 cm³/mol. The zero-order valence-corrected chi connectivity index (χ0v) is 13.1. The van der Waals surface area contributed by atoms with E-state index in [0.717, 1.165) is 16.1 Å². The number of benzene rings is 1. The molecule has 0 spiro atoms. The number of aliphatic carboxylic acids is 1. The Balaban J connectivity index is 1.83. The van der Waals surface area contributed by atoms with Crippen LogP contribution in [-0.4, -0.2) is 22.0 Å². The van der Waals surface area contributed by atoms with Crippen molar-refractivity contribution in [3.63, 3.8) is 0 Å². The molecule has 0 fully saturated rings. The van der Waals surface area contributed by atoms with Crippen LogP contribution in [-0.2, 0) is 27.5 Å². The minimum absolute atomic E-state index is 0.171. The molecule has 0 saturated carbocycles. The van der Waals surface area contributed by atoms with Crippen molar-refractivity contribution in [2.45, 2.75) is 26.1 Å². The van der Waals surface area contributed by atoms with Crippen molar-refractivity contribution in [3.8, 4) is 0 Å². The van der Waals surface area contributed by atoms with Gasteiger partial charge in [0.05, 0.1) is 19.6 Å². The monoisotopic (exact) mass is 329 g/mol. The molecule has 24 heavy (non-hydrogen) atoms. The van der Waals surface area contributed by atoms with Gasteiger partial charge in [-0.3, -0.25) is 9.59 Å². The molecule has 0 aliphatic carbocycles. The van der Waals surface area contributed by atoms with E-state index in [-0.39, 0.29) is 18.7 Å². The second-order valence-electron chi connectivity index (χ2n) is 5.16. The van der Waals surface area contributed by atoms with Crippen molar-refractivity contribution >= 4 is 17.7 Å². The lowest BCUT2D eigenvalue weighted by Crippen LogP contribution is -2.38. The molecule has 3 N–H and O–H groups in total. The summed E-state index contributed by atoms with van der Waals surface area (Å²) >= 11 is 0. The number of hydrazine groups is 1. The smallest absolute Gasteiger partial charge is 0.303 e. The molecule has 2 rings (SSSR count). The highest BCUT2D eigenvalue weighted by Crippen LogP contribution is 2.11. The van der Waals surface area contributed by atoms with Crippen LogP contribution in [0.15, 0.2) is 48.7 Å². The van der Waals surface area contributed by atoms with Crippen LogP contribution in [0.1, 0.15) is 24.0 Å². The van der Waals surface area contributed by atoms with Crippen LogP contribution in [0.25, 0.3) is 0 Å². The van der Waals surface area contributed by atoms with E-state index in [9.17, 15) is 9.59 Å². The van der Waals surface area contributed by atoms with Gasteiger partial charge >= 0.3 is 5.97 Å². The second kappa shape index (κ2) is 8.76. The number of rotatable bonds is 8. The summed E-state index contributed by atoms with van der Waals surface area (Å²) < 4.78 is 5.60. The molecule has 0 aliphatic heterocycles. The van der Waals surface area contributed by atoms with Gasteiger partial charge in [0, 0.05) is 12.6 Å². The number of hydrogen-bond acceptors (Lipinski definition) is 5. The maximum Gasteiger partial charge on any atom is 0.303 e. The number of amides is 1. The highest BCUT2D eigenvalue weighted by molar-refractivity contribution is 5.92. The van der Waals surface area contributed by atoms with Gasteiger partial charge < -0.3 is 9.84 Å². The first-order valence-electron chi connectivity index (χ1n) is 7.42. The Bertz CT molecular complexity index is 674. The number of carbonyl (C=O) groups excluding carboxylic acids is 1. The van der Waals surface area contributed by atoms with Crippen molar-refractivity contribution in [1.82, 2.24) is 4.98 Å². The number of carbonyl (C=O) groups is 2. The lowest BCUT2D eigenvalue weighted by atomic mass is 10.2. The van der Waals surface area contributed by atoms with Crippen LogP contribution < -0.4 is 10.9 Å². The van der Waals surface area contributed by atoms with Crippen LogP contribution in [0.3, 0.4) is 0 Å². The molecular formula is C17H19N3O4. The van der Waals surface area contributed by atoms with Crippen molar-refractivity contribution in [3.05, 3.63) is 59.8 Å². The molecule has 0 bridgehead atoms. The van der Waals surface area contributed by atoms with E-state index in [1.54, 1.807) is 18.3 Å². The molecule has 1 heterocycles. The first-order chi connectivity index (χ1) is 11.6. The number of carboxylic acids is 1. The maximum absolute atomic E-state index is 11.7. The third-order valence-corrected chi connectivity index (χ3v) is 3.26. The molecule has 7 heteroatoms. The molecule has 0 saturated heterocycles. The first kappa shape index (κ1) is 17.6. The topological polar surface area (TPSA) is 106 Å². The zero-order valence-electron chi connectivity index (χ0n) is 13.1. The van der Waals surface area contributed by atoms with Gasteiger partial charge in [0.1, 0.15) is 5.82 Å². The zero-order chi connectivity index (χ0) is 17.4. The van der Waals surface area contributed by atoms with Crippen LogP contribution in [0.5, 0.6) is 0 Å². The van der Waals surface area contributed by atoms with Gasteiger partial charge in [0.15, 0.2) is 0 Å². The Morgan fingerprint density at radius 3 is 2.38 bits per heavy atom. The van der Waals surface area contributed by atoms with E-state index < -0.39 is 11.9 Å². The average molecular weight is 329 g/mol. The van der Waals surface area contributed by atoms with Crippen LogP contribution in [0.4, 0.5) is 5.82 Å². The quantitative estimate of drug-likeness (QED) is 0.435. The van der Waals surface area contributed by atoms with Gasteiger partial charge in [-0.2, -0.15) is 0 Å². The predicted octanol–water partition coefficient (Wildman–Crippen LogP) is 1.87. The van der Waals surface area contributed by atoms with Crippen molar-refractivity contribution < 1.29 is 19.4 Å². The van der Waals surface area contributed by atoms with Gasteiger partial charge in [0.2, 0.25) is 5.91 Å². The molecule has 1 aromatic carbocycles. The fraction of sp³-hybridized carbons (Fsp3) is 0.235. The second-order valence-corrected chi connectivity index (χ2v) is 5.16. The van der Waals surface area contributed by atoms with E-state index in [4.69, 9.17) is 15.7 Å². The number of carboxylic acid groups (broad SMARTS) is 1. The summed E-state index contributed by atoms with van der Waals surface area (Å²) in [4.78, 5) is 26.3. The van der Waals surface area contributed by atoms with Gasteiger partial charge in [-0.25, -0.2) is 15.8 Å². The summed E-state index contributed by atoms with van der Waals surface area (Å²) in [5, 5.41) is 9.43. The summed E-state index contributed by atoms with van der Waals surface area (Å²) in [6, 6.07) is 13.2. The third-order valence-electron chi connectivity index (χ3n) is 3.26. The van der Waals surface area contributed by atoms with Crippen molar-refractivity contribution in [2.75, 3.05) is 5.01 Å². The number of ether oxygens (including phenoxy) is 1. The molecule has 0 radical (unpaired) electrons. The highest BCUT2D eigenvalue weighted by atomic mass is 16.5. The number of nitrogens with two attached hydrogens (primary N) is 1. The van der Waals surface area contributed by atoms with Crippen LogP contribution in [0, 0.1) is 0 Å². The molecule has 7 nitrogen and oxygen atoms in total. The number of nitrogens with zero attached hydrogens (tertiary/aromatic N) is 2. The van der Waals surface area contributed by atoms with E-state index in [2.05, 4.69) is 4.98 Å². The number of pyridine rings is 1. The number of aromatic nitrogens is 1. The lowest BCUT2D eigenvalue weighted by Gasteiger charge is -2.15. The van der Waals surface area contributed by atoms with E-state index in [1.165, 1.54) is 0 Å². The fourth-order valence-corrected chi connectivity index (χ4v) is 1.97. The van der Waals surface area contributed by atoms with Crippen molar-refractivity contribution in [1.29, 1.82) is 0 Å². The van der Waals surface area contributed by atoms with Crippen molar-refractivity contribution in [2.24, 2.45) is 5.84 Å². The number of hydrogen-bond donors (Lipinski definition) is 2. The Hall–Kier alpha value is -2.77. The Labute approximate surface area is 139 Å². The number of anilines is 1. The standard InChI is InChI=1S/C17H19N3O4/c18-20(16(21)8-9-17(22)23)15-7-6-14(10-19-15)12-24-11-13-4-2-1-3-5-13/h1-7,10H,8-9,11-12,18H2,(H,22,23). The molecule has 1 amide bonds. The molecule has 0 aliphatic rings. The van der Waals surface area contributed by atoms with E-state index in [1.807, 2.05) is 30.3 Å².